The third kappa shape index (κ3) is 3.06. The number of hydrogen-bond donors (Lipinski definition) is 0. The van der Waals surface area contributed by atoms with E-state index in [-0.39, 0.29) is 16.9 Å². The molecule has 1 heterocycles. The number of sulfone groups is 1. The lowest BCUT2D eigenvalue weighted by Crippen LogP contribution is -2.35. The molecule has 18 heavy (non-hydrogen) atoms. The topological polar surface area (TPSA) is 85.2 Å². The van der Waals surface area contributed by atoms with Crippen LogP contribution in [0.2, 0.25) is 0 Å². The van der Waals surface area contributed by atoms with E-state index < -0.39 is 9.84 Å². The normalized spacial score (nSPS) is 11.5. The Morgan fingerprint density at radius 2 is 2.06 bits per heavy atom. The molecule has 0 saturated heterocycles. The second kappa shape index (κ2) is 5.94. The fourth-order valence-corrected chi connectivity index (χ4v) is 2.09. The first-order chi connectivity index (χ1) is 8.46. The molecule has 0 radical (unpaired) electrons. The van der Waals surface area contributed by atoms with Gasteiger partial charge in [-0.1, -0.05) is 13.8 Å². The van der Waals surface area contributed by atoms with Gasteiger partial charge in [-0.3, -0.25) is 0 Å². The monoisotopic (exact) mass is 274 g/mol. The van der Waals surface area contributed by atoms with Gasteiger partial charge >= 0.3 is 6.03 Å². The lowest BCUT2D eigenvalue weighted by molar-refractivity contribution is 0.198. The minimum Gasteiger partial charge on any atom is -0.323 e. The molecule has 0 aromatic carbocycles. The van der Waals surface area contributed by atoms with Crippen LogP contribution in [0.1, 0.15) is 27.2 Å². The Balaban J connectivity index is 2.95. The van der Waals surface area contributed by atoms with E-state index in [0.717, 1.165) is 17.4 Å². The van der Waals surface area contributed by atoms with Crippen molar-refractivity contribution >= 4 is 15.9 Å². The van der Waals surface area contributed by atoms with Crippen molar-refractivity contribution in [2.75, 3.05) is 18.8 Å². The van der Waals surface area contributed by atoms with Gasteiger partial charge in [-0.2, -0.15) is 4.68 Å². The summed E-state index contributed by atoms with van der Waals surface area (Å²) >= 11 is 0. The third-order valence-corrected chi connectivity index (χ3v) is 3.97. The van der Waals surface area contributed by atoms with Crippen molar-refractivity contribution in [3.63, 3.8) is 0 Å². The number of hydrogen-bond acceptors (Lipinski definition) is 5. The maximum atomic E-state index is 12.0. The van der Waals surface area contributed by atoms with E-state index >= 15 is 0 Å². The molecule has 102 valence electrons. The van der Waals surface area contributed by atoms with Crippen molar-refractivity contribution in [1.29, 1.82) is 0 Å². The van der Waals surface area contributed by atoms with Gasteiger partial charge in [-0.05, 0) is 13.3 Å². The molecule has 0 fully saturated rings. The Kier molecular flexibility index (Phi) is 4.83. The second-order valence-corrected chi connectivity index (χ2v) is 5.91. The maximum Gasteiger partial charge on any atom is 0.346 e. The molecule has 1 aromatic rings. The van der Waals surface area contributed by atoms with Crippen molar-refractivity contribution in [1.82, 2.24) is 19.7 Å². The van der Waals surface area contributed by atoms with Crippen LogP contribution >= 0.6 is 0 Å². The van der Waals surface area contributed by atoms with E-state index in [1.165, 1.54) is 6.92 Å². The molecule has 0 N–H and O–H groups in total. The fraction of sp³-hybridized carbons (Fsp3) is 0.700. The minimum atomic E-state index is -3.47. The Hall–Kier alpha value is -1.44. The molecule has 0 saturated carbocycles. The lowest BCUT2D eigenvalue weighted by Gasteiger charge is -2.18. The zero-order chi connectivity index (χ0) is 13.8. The van der Waals surface area contributed by atoms with Crippen LogP contribution in [0.15, 0.2) is 11.5 Å². The van der Waals surface area contributed by atoms with Crippen LogP contribution in [0, 0.1) is 0 Å². The molecule has 0 aliphatic heterocycles. The molecule has 0 bridgehead atoms. The molecule has 0 spiro atoms. The molecular weight excluding hydrogens is 256 g/mol. The average molecular weight is 274 g/mol. The summed E-state index contributed by atoms with van der Waals surface area (Å²) in [6, 6.07) is -0.357. The Morgan fingerprint density at radius 1 is 1.39 bits per heavy atom. The SMILES string of the molecule is CCCN(CC)C(=O)n1cnc(S(=O)(=O)CC)n1. The quantitative estimate of drug-likeness (QED) is 0.791. The van der Waals surface area contributed by atoms with Crippen LogP contribution in [0.4, 0.5) is 4.79 Å². The number of rotatable bonds is 5. The number of carbonyl (C=O) groups excluding carboxylic acids is 1. The molecule has 1 rings (SSSR count). The van der Waals surface area contributed by atoms with E-state index in [0.29, 0.717) is 13.1 Å². The van der Waals surface area contributed by atoms with Crippen LogP contribution in [-0.4, -0.2) is 53.0 Å². The first-order valence-corrected chi connectivity index (χ1v) is 7.55. The first kappa shape index (κ1) is 14.6. The maximum absolute atomic E-state index is 12.0. The summed E-state index contributed by atoms with van der Waals surface area (Å²) in [7, 11) is -3.47. The van der Waals surface area contributed by atoms with E-state index in [1.54, 1.807) is 4.90 Å². The predicted octanol–water partition coefficient (Wildman–Crippen LogP) is 0.772. The highest BCUT2D eigenvalue weighted by Crippen LogP contribution is 2.04. The van der Waals surface area contributed by atoms with Gasteiger partial charge in [0.15, 0.2) is 0 Å². The third-order valence-electron chi connectivity index (χ3n) is 2.47. The molecule has 7 nitrogen and oxygen atoms in total. The van der Waals surface area contributed by atoms with Gasteiger partial charge in [0.1, 0.15) is 6.33 Å². The molecule has 8 heteroatoms. The van der Waals surface area contributed by atoms with Gasteiger partial charge in [0.2, 0.25) is 9.84 Å². The van der Waals surface area contributed by atoms with Crippen LogP contribution < -0.4 is 0 Å². The number of carbonyl (C=O) groups is 1. The van der Waals surface area contributed by atoms with Crippen LogP contribution in [0.25, 0.3) is 0 Å². The smallest absolute Gasteiger partial charge is 0.323 e. The Morgan fingerprint density at radius 3 is 2.56 bits per heavy atom. The zero-order valence-electron chi connectivity index (χ0n) is 10.8. The van der Waals surface area contributed by atoms with Crippen LogP contribution in [0.5, 0.6) is 0 Å². The Labute approximate surface area is 107 Å². The Bertz CT molecular complexity index is 509. The summed E-state index contributed by atoms with van der Waals surface area (Å²) in [6.45, 7) is 6.47. The van der Waals surface area contributed by atoms with Gasteiger partial charge in [0.25, 0.3) is 5.16 Å². The number of nitrogens with zero attached hydrogens (tertiary/aromatic N) is 4. The first-order valence-electron chi connectivity index (χ1n) is 5.89. The summed E-state index contributed by atoms with van der Waals surface area (Å²) in [6.07, 6.45) is 1.97. The summed E-state index contributed by atoms with van der Waals surface area (Å²) in [5.41, 5.74) is 0. The zero-order valence-corrected chi connectivity index (χ0v) is 11.6. The van der Waals surface area contributed by atoms with Crippen LogP contribution in [0.3, 0.4) is 0 Å². The fourth-order valence-electron chi connectivity index (χ4n) is 1.42. The average Bonchev–Trinajstić information content (AvgIpc) is 2.85. The summed E-state index contributed by atoms with van der Waals surface area (Å²) < 4.78 is 24.1. The molecule has 1 aromatic heterocycles. The number of amides is 1. The standard InChI is InChI=1S/C10H18N4O3S/c1-4-7-13(5-2)10(15)14-8-11-9(12-14)18(16,17)6-3/h8H,4-7H2,1-3H3. The molecule has 0 aliphatic carbocycles. The molecule has 0 unspecified atom stereocenters. The van der Waals surface area contributed by atoms with E-state index in [1.807, 2.05) is 13.8 Å². The van der Waals surface area contributed by atoms with Crippen LogP contribution in [-0.2, 0) is 9.84 Å². The molecule has 1 amide bonds. The van der Waals surface area contributed by atoms with Gasteiger partial charge in [-0.15, -0.1) is 5.10 Å². The van der Waals surface area contributed by atoms with Crippen molar-refractivity contribution < 1.29 is 13.2 Å². The van der Waals surface area contributed by atoms with Gasteiger partial charge in [0.05, 0.1) is 5.75 Å². The number of aromatic nitrogens is 3. The van der Waals surface area contributed by atoms with Gasteiger partial charge in [0, 0.05) is 13.1 Å². The van der Waals surface area contributed by atoms with Gasteiger partial charge in [-0.25, -0.2) is 18.2 Å². The summed E-state index contributed by atoms with van der Waals surface area (Å²) in [5, 5.41) is 3.43. The highest BCUT2D eigenvalue weighted by molar-refractivity contribution is 7.91. The highest BCUT2D eigenvalue weighted by Gasteiger charge is 2.21. The molecule has 0 atom stereocenters. The predicted molar refractivity (Wildman–Crippen MR) is 66.1 cm³/mol. The van der Waals surface area contributed by atoms with E-state index in [2.05, 4.69) is 10.1 Å². The van der Waals surface area contributed by atoms with E-state index in [9.17, 15) is 13.2 Å². The molecular formula is C10H18N4O3S. The second-order valence-electron chi connectivity index (χ2n) is 3.74. The largest absolute Gasteiger partial charge is 0.346 e. The minimum absolute atomic E-state index is 0.0857. The van der Waals surface area contributed by atoms with Gasteiger partial charge < -0.3 is 4.90 Å². The van der Waals surface area contributed by atoms with E-state index in [4.69, 9.17) is 0 Å². The van der Waals surface area contributed by atoms with Crippen molar-refractivity contribution in [2.24, 2.45) is 0 Å². The highest BCUT2D eigenvalue weighted by atomic mass is 32.2. The summed E-state index contributed by atoms with van der Waals surface area (Å²) in [4.78, 5) is 17.2. The molecule has 0 aliphatic rings. The van der Waals surface area contributed by atoms with Crippen molar-refractivity contribution in [3.8, 4) is 0 Å². The lowest BCUT2D eigenvalue weighted by atomic mass is 10.4. The summed E-state index contributed by atoms with van der Waals surface area (Å²) in [5.74, 6) is -0.0857. The van der Waals surface area contributed by atoms with Crippen molar-refractivity contribution in [3.05, 3.63) is 6.33 Å². The van der Waals surface area contributed by atoms with Crippen molar-refractivity contribution in [2.45, 2.75) is 32.3 Å².